The van der Waals surface area contributed by atoms with Gasteiger partial charge in [0.15, 0.2) is 0 Å². The number of aliphatic carboxylic acids is 1. The van der Waals surface area contributed by atoms with Crippen LogP contribution in [0.4, 0.5) is 0 Å². The molecule has 0 saturated carbocycles. The van der Waals surface area contributed by atoms with Crippen molar-refractivity contribution in [3.05, 3.63) is 12.2 Å². The molecule has 1 amide bonds. The molecule has 1 N–H and O–H groups in total. The maximum absolute atomic E-state index is 11.2. The lowest BCUT2D eigenvalue weighted by molar-refractivity contribution is -0.132. The summed E-state index contributed by atoms with van der Waals surface area (Å²) in [5.41, 5.74) is 0. The fourth-order valence-corrected chi connectivity index (χ4v) is 0.942. The second kappa shape index (κ2) is 6.22. The topological polar surface area (TPSA) is 57.6 Å². The Hall–Kier alpha value is -1.32. The van der Waals surface area contributed by atoms with Gasteiger partial charge >= 0.3 is 5.97 Å². The van der Waals surface area contributed by atoms with Crippen LogP contribution in [0.1, 0.15) is 20.3 Å². The predicted octanol–water partition coefficient (Wildman–Crippen LogP) is 0.886. The Labute approximate surface area is 77.8 Å². The van der Waals surface area contributed by atoms with E-state index < -0.39 is 5.97 Å². The largest absolute Gasteiger partial charge is 0.478 e. The van der Waals surface area contributed by atoms with Crippen molar-refractivity contribution in [1.82, 2.24) is 4.90 Å². The Morgan fingerprint density at radius 2 is 1.92 bits per heavy atom. The molecule has 0 atom stereocenters. The van der Waals surface area contributed by atoms with E-state index in [-0.39, 0.29) is 5.91 Å². The minimum absolute atomic E-state index is 0.244. The molecule has 0 aliphatic heterocycles. The summed E-state index contributed by atoms with van der Waals surface area (Å²) in [5.74, 6) is -1.34. The first-order valence-electron chi connectivity index (χ1n) is 4.31. The molecule has 0 rings (SSSR count). The third kappa shape index (κ3) is 5.00. The second-order valence-corrected chi connectivity index (χ2v) is 2.59. The quantitative estimate of drug-likeness (QED) is 0.647. The molecular weight excluding hydrogens is 170 g/mol. The number of carbonyl (C=O) groups excluding carboxylic acids is 1. The molecule has 4 nitrogen and oxygen atoms in total. The number of hydrogen-bond donors (Lipinski definition) is 1. The minimum Gasteiger partial charge on any atom is -0.478 e. The van der Waals surface area contributed by atoms with Crippen LogP contribution in [0, 0.1) is 0 Å². The molecule has 0 heterocycles. The first-order valence-corrected chi connectivity index (χ1v) is 4.31. The van der Waals surface area contributed by atoms with E-state index in [1.54, 1.807) is 4.90 Å². The second-order valence-electron chi connectivity index (χ2n) is 2.59. The first-order chi connectivity index (χ1) is 6.11. The van der Waals surface area contributed by atoms with Gasteiger partial charge in [-0.3, -0.25) is 4.79 Å². The number of amides is 1. The highest BCUT2D eigenvalue weighted by atomic mass is 16.4. The average Bonchev–Trinajstić information content (AvgIpc) is 2.10. The standard InChI is InChI=1S/C9H15NO3/c1-3-7-10(4-2)8(11)5-6-9(12)13/h5-6H,3-4,7H2,1-2H3,(H,12,13)/b6-5+. The molecule has 0 bridgehead atoms. The van der Waals surface area contributed by atoms with Crippen LogP contribution in [-0.2, 0) is 9.59 Å². The molecule has 0 radical (unpaired) electrons. The molecule has 13 heavy (non-hydrogen) atoms. The molecule has 0 aromatic heterocycles. The molecule has 0 fully saturated rings. The van der Waals surface area contributed by atoms with Gasteiger partial charge in [-0.05, 0) is 13.3 Å². The monoisotopic (exact) mass is 185 g/mol. The Kier molecular flexibility index (Phi) is 5.59. The van der Waals surface area contributed by atoms with E-state index in [0.717, 1.165) is 18.6 Å². The maximum Gasteiger partial charge on any atom is 0.328 e. The van der Waals surface area contributed by atoms with E-state index in [2.05, 4.69) is 0 Å². The van der Waals surface area contributed by atoms with Crippen molar-refractivity contribution in [1.29, 1.82) is 0 Å². The van der Waals surface area contributed by atoms with Crippen molar-refractivity contribution in [2.45, 2.75) is 20.3 Å². The summed E-state index contributed by atoms with van der Waals surface area (Å²) in [6, 6.07) is 0. The molecular formula is C9H15NO3. The summed E-state index contributed by atoms with van der Waals surface area (Å²) >= 11 is 0. The Morgan fingerprint density at radius 3 is 2.31 bits per heavy atom. The van der Waals surface area contributed by atoms with E-state index in [9.17, 15) is 9.59 Å². The van der Waals surface area contributed by atoms with Crippen molar-refractivity contribution >= 4 is 11.9 Å². The van der Waals surface area contributed by atoms with E-state index >= 15 is 0 Å². The van der Waals surface area contributed by atoms with Gasteiger partial charge in [0.05, 0.1) is 0 Å². The molecule has 0 saturated heterocycles. The summed E-state index contributed by atoms with van der Waals surface area (Å²) in [4.78, 5) is 23.0. The molecule has 0 spiro atoms. The summed E-state index contributed by atoms with van der Waals surface area (Å²) in [6.45, 7) is 5.11. The summed E-state index contributed by atoms with van der Waals surface area (Å²) in [7, 11) is 0. The summed E-state index contributed by atoms with van der Waals surface area (Å²) in [5, 5.41) is 8.29. The highest BCUT2D eigenvalue weighted by Gasteiger charge is 2.06. The van der Waals surface area contributed by atoms with Crippen molar-refractivity contribution in [3.63, 3.8) is 0 Å². The fraction of sp³-hybridized carbons (Fsp3) is 0.556. The molecule has 0 aromatic rings. The van der Waals surface area contributed by atoms with Crippen molar-refractivity contribution in [2.75, 3.05) is 13.1 Å². The molecule has 0 aliphatic carbocycles. The molecule has 0 aromatic carbocycles. The number of carbonyl (C=O) groups is 2. The van der Waals surface area contributed by atoms with Gasteiger partial charge < -0.3 is 10.0 Å². The van der Waals surface area contributed by atoms with E-state index in [0.29, 0.717) is 13.1 Å². The zero-order valence-electron chi connectivity index (χ0n) is 7.99. The zero-order valence-corrected chi connectivity index (χ0v) is 7.99. The lowest BCUT2D eigenvalue weighted by Gasteiger charge is -2.17. The average molecular weight is 185 g/mol. The van der Waals surface area contributed by atoms with Gasteiger partial charge in [-0.25, -0.2) is 4.79 Å². The van der Waals surface area contributed by atoms with Crippen LogP contribution in [-0.4, -0.2) is 35.0 Å². The van der Waals surface area contributed by atoms with Crippen molar-refractivity contribution in [3.8, 4) is 0 Å². The predicted molar refractivity (Wildman–Crippen MR) is 49.3 cm³/mol. The Bertz CT molecular complexity index is 211. The number of hydrogen-bond acceptors (Lipinski definition) is 2. The van der Waals surface area contributed by atoms with E-state index in [1.165, 1.54) is 0 Å². The van der Waals surface area contributed by atoms with Crippen LogP contribution in [0.2, 0.25) is 0 Å². The van der Waals surface area contributed by atoms with Crippen molar-refractivity contribution < 1.29 is 14.7 Å². The summed E-state index contributed by atoms with van der Waals surface area (Å²) in [6.07, 6.45) is 2.82. The number of likely N-dealkylation sites (N-methyl/N-ethyl adjacent to an activating group) is 1. The minimum atomic E-state index is -1.10. The molecule has 4 heteroatoms. The zero-order chi connectivity index (χ0) is 10.3. The first kappa shape index (κ1) is 11.7. The highest BCUT2D eigenvalue weighted by molar-refractivity contribution is 5.93. The normalized spacial score (nSPS) is 10.3. The van der Waals surface area contributed by atoms with Gasteiger partial charge in [-0.1, -0.05) is 6.92 Å². The van der Waals surface area contributed by atoms with Crippen molar-refractivity contribution in [2.24, 2.45) is 0 Å². The van der Waals surface area contributed by atoms with Gasteiger partial charge in [0, 0.05) is 25.2 Å². The smallest absolute Gasteiger partial charge is 0.328 e. The van der Waals surface area contributed by atoms with Gasteiger partial charge in [-0.2, -0.15) is 0 Å². The van der Waals surface area contributed by atoms with Crippen LogP contribution in [0.15, 0.2) is 12.2 Å². The lowest BCUT2D eigenvalue weighted by Crippen LogP contribution is -2.29. The summed E-state index contributed by atoms with van der Waals surface area (Å²) < 4.78 is 0. The number of nitrogens with zero attached hydrogens (tertiary/aromatic N) is 1. The van der Waals surface area contributed by atoms with Gasteiger partial charge in [0.1, 0.15) is 0 Å². The third-order valence-electron chi connectivity index (χ3n) is 1.56. The van der Waals surface area contributed by atoms with E-state index in [4.69, 9.17) is 5.11 Å². The Balaban J connectivity index is 4.13. The van der Waals surface area contributed by atoms with Crippen LogP contribution in [0.25, 0.3) is 0 Å². The van der Waals surface area contributed by atoms with E-state index in [1.807, 2.05) is 13.8 Å². The number of carboxylic acids is 1. The SMILES string of the molecule is CCCN(CC)C(=O)/C=C/C(=O)O. The highest BCUT2D eigenvalue weighted by Crippen LogP contribution is 1.93. The van der Waals surface area contributed by atoms with Crippen LogP contribution in [0.5, 0.6) is 0 Å². The van der Waals surface area contributed by atoms with Crippen LogP contribution < -0.4 is 0 Å². The number of carboxylic acid groups (broad SMARTS) is 1. The van der Waals surface area contributed by atoms with Gasteiger partial charge in [0.25, 0.3) is 0 Å². The van der Waals surface area contributed by atoms with Crippen LogP contribution >= 0.6 is 0 Å². The lowest BCUT2D eigenvalue weighted by atomic mass is 10.3. The molecule has 74 valence electrons. The third-order valence-corrected chi connectivity index (χ3v) is 1.56. The molecule has 0 aliphatic rings. The van der Waals surface area contributed by atoms with Gasteiger partial charge in [0.2, 0.25) is 5.91 Å². The number of rotatable bonds is 5. The maximum atomic E-state index is 11.2. The Morgan fingerprint density at radius 1 is 1.31 bits per heavy atom. The van der Waals surface area contributed by atoms with Gasteiger partial charge in [-0.15, -0.1) is 0 Å². The molecule has 0 unspecified atom stereocenters. The van der Waals surface area contributed by atoms with Crippen LogP contribution in [0.3, 0.4) is 0 Å². The fourth-order valence-electron chi connectivity index (χ4n) is 0.942.